The van der Waals surface area contributed by atoms with Crippen LogP contribution in [0.1, 0.15) is 36.0 Å². The van der Waals surface area contributed by atoms with Gasteiger partial charge in [-0.2, -0.15) is 0 Å². The quantitative estimate of drug-likeness (QED) is 0.571. The van der Waals surface area contributed by atoms with E-state index in [1.54, 1.807) is 12.3 Å². The highest BCUT2D eigenvalue weighted by molar-refractivity contribution is 5.96. The molecule has 1 aliphatic rings. The number of hydrogen-bond donors (Lipinski definition) is 2. The molecule has 1 saturated carbocycles. The lowest BCUT2D eigenvalue weighted by Crippen LogP contribution is -1.87. The molecule has 5 rings (SSSR count). The molecule has 4 aromatic rings. The SMILES string of the molecule is Cc1noc(C)c1-c1cc(-c2ccnc(O)c2)c2nc(C3CC3)[nH]c2c1. The van der Waals surface area contributed by atoms with E-state index in [4.69, 9.17) is 9.51 Å². The highest BCUT2D eigenvalue weighted by atomic mass is 16.5. The molecular weight excluding hydrogens is 328 g/mol. The van der Waals surface area contributed by atoms with E-state index in [0.717, 1.165) is 50.6 Å². The maximum Gasteiger partial charge on any atom is 0.211 e. The summed E-state index contributed by atoms with van der Waals surface area (Å²) in [6, 6.07) is 7.74. The number of H-pyrrole nitrogens is 1. The Balaban J connectivity index is 1.80. The molecule has 6 heteroatoms. The molecule has 6 nitrogen and oxygen atoms in total. The first-order valence-corrected chi connectivity index (χ1v) is 8.72. The van der Waals surface area contributed by atoms with Crippen LogP contribution in [0.3, 0.4) is 0 Å². The summed E-state index contributed by atoms with van der Waals surface area (Å²) in [5, 5.41) is 13.9. The molecule has 3 heterocycles. The van der Waals surface area contributed by atoms with Crippen molar-refractivity contribution in [1.82, 2.24) is 20.1 Å². The monoisotopic (exact) mass is 346 g/mol. The molecule has 0 aliphatic heterocycles. The summed E-state index contributed by atoms with van der Waals surface area (Å²) in [7, 11) is 0. The molecule has 1 fully saturated rings. The number of fused-ring (bicyclic) bond motifs is 1. The second kappa shape index (κ2) is 5.42. The number of rotatable bonds is 3. The van der Waals surface area contributed by atoms with Crippen molar-refractivity contribution in [2.24, 2.45) is 0 Å². The fourth-order valence-electron chi connectivity index (χ4n) is 3.53. The Hall–Kier alpha value is -3.15. The number of aromatic amines is 1. The Labute approximate surface area is 149 Å². The van der Waals surface area contributed by atoms with Crippen molar-refractivity contribution in [3.05, 3.63) is 47.7 Å². The molecule has 26 heavy (non-hydrogen) atoms. The van der Waals surface area contributed by atoms with Crippen molar-refractivity contribution in [2.75, 3.05) is 0 Å². The molecule has 1 aliphatic carbocycles. The second-order valence-corrected chi connectivity index (χ2v) is 6.92. The summed E-state index contributed by atoms with van der Waals surface area (Å²) in [4.78, 5) is 12.2. The lowest BCUT2D eigenvalue weighted by Gasteiger charge is -2.07. The first-order chi connectivity index (χ1) is 12.6. The Morgan fingerprint density at radius 1 is 1.15 bits per heavy atom. The van der Waals surface area contributed by atoms with E-state index in [9.17, 15) is 5.11 Å². The van der Waals surface area contributed by atoms with E-state index in [2.05, 4.69) is 27.3 Å². The van der Waals surface area contributed by atoms with Crippen molar-refractivity contribution < 1.29 is 9.63 Å². The molecule has 0 saturated heterocycles. The molecule has 0 unspecified atom stereocenters. The molecule has 0 spiro atoms. The highest BCUT2D eigenvalue weighted by Crippen LogP contribution is 2.41. The zero-order valence-electron chi connectivity index (χ0n) is 14.6. The number of hydrogen-bond acceptors (Lipinski definition) is 5. The van der Waals surface area contributed by atoms with Gasteiger partial charge < -0.3 is 14.6 Å². The third kappa shape index (κ3) is 2.37. The van der Waals surface area contributed by atoms with Gasteiger partial charge in [0.2, 0.25) is 5.88 Å². The summed E-state index contributed by atoms with van der Waals surface area (Å²) < 4.78 is 5.35. The van der Waals surface area contributed by atoms with Crippen molar-refractivity contribution in [3.63, 3.8) is 0 Å². The van der Waals surface area contributed by atoms with Gasteiger partial charge in [-0.25, -0.2) is 9.97 Å². The van der Waals surface area contributed by atoms with E-state index in [0.29, 0.717) is 5.92 Å². The van der Waals surface area contributed by atoms with Crippen LogP contribution in [-0.4, -0.2) is 25.2 Å². The van der Waals surface area contributed by atoms with Crippen LogP contribution < -0.4 is 0 Å². The number of aryl methyl sites for hydroxylation is 2. The largest absolute Gasteiger partial charge is 0.493 e. The van der Waals surface area contributed by atoms with E-state index in [-0.39, 0.29) is 5.88 Å². The minimum Gasteiger partial charge on any atom is -0.493 e. The maximum absolute atomic E-state index is 9.83. The fourth-order valence-corrected chi connectivity index (χ4v) is 3.53. The topological polar surface area (TPSA) is 87.8 Å². The van der Waals surface area contributed by atoms with Crippen LogP contribution in [0.4, 0.5) is 0 Å². The second-order valence-electron chi connectivity index (χ2n) is 6.92. The smallest absolute Gasteiger partial charge is 0.211 e. The van der Waals surface area contributed by atoms with E-state index >= 15 is 0 Å². The van der Waals surface area contributed by atoms with Gasteiger partial charge >= 0.3 is 0 Å². The Bertz CT molecular complexity index is 1120. The third-order valence-electron chi connectivity index (χ3n) is 4.95. The van der Waals surface area contributed by atoms with Gasteiger partial charge in [0.15, 0.2) is 0 Å². The molecule has 0 atom stereocenters. The summed E-state index contributed by atoms with van der Waals surface area (Å²) in [5.41, 5.74) is 6.60. The summed E-state index contributed by atoms with van der Waals surface area (Å²) in [6.45, 7) is 3.86. The van der Waals surface area contributed by atoms with Crippen molar-refractivity contribution in [1.29, 1.82) is 0 Å². The van der Waals surface area contributed by atoms with Crippen molar-refractivity contribution >= 4 is 11.0 Å². The van der Waals surface area contributed by atoms with Gasteiger partial charge in [0.05, 0.1) is 16.7 Å². The van der Waals surface area contributed by atoms with E-state index < -0.39 is 0 Å². The number of benzene rings is 1. The molecule has 130 valence electrons. The van der Waals surface area contributed by atoms with Gasteiger partial charge in [-0.1, -0.05) is 5.16 Å². The van der Waals surface area contributed by atoms with Crippen LogP contribution in [0.5, 0.6) is 5.88 Å². The van der Waals surface area contributed by atoms with Gasteiger partial charge in [-0.05, 0) is 56.0 Å². The molecule has 3 aromatic heterocycles. The van der Waals surface area contributed by atoms with Crippen LogP contribution >= 0.6 is 0 Å². The van der Waals surface area contributed by atoms with Crippen LogP contribution in [0.25, 0.3) is 33.3 Å². The van der Waals surface area contributed by atoms with E-state index in [1.807, 2.05) is 19.9 Å². The number of pyridine rings is 1. The Morgan fingerprint density at radius 3 is 2.69 bits per heavy atom. The molecular formula is C20H18N4O2. The van der Waals surface area contributed by atoms with Gasteiger partial charge in [-0.15, -0.1) is 0 Å². The number of nitrogens with zero attached hydrogens (tertiary/aromatic N) is 3. The van der Waals surface area contributed by atoms with Gasteiger partial charge in [0.1, 0.15) is 11.6 Å². The highest BCUT2D eigenvalue weighted by Gasteiger charge is 2.27. The zero-order valence-corrected chi connectivity index (χ0v) is 14.6. The predicted octanol–water partition coefficient (Wildman–Crippen LogP) is 4.48. The number of aromatic nitrogens is 4. The Morgan fingerprint density at radius 2 is 2.00 bits per heavy atom. The van der Waals surface area contributed by atoms with E-state index in [1.165, 1.54) is 12.8 Å². The summed E-state index contributed by atoms with van der Waals surface area (Å²) >= 11 is 0. The average Bonchev–Trinajstić information content (AvgIpc) is 3.30. The molecule has 0 radical (unpaired) electrons. The molecule has 2 N–H and O–H groups in total. The van der Waals surface area contributed by atoms with Crippen LogP contribution in [-0.2, 0) is 0 Å². The minimum absolute atomic E-state index is 0.00339. The van der Waals surface area contributed by atoms with Gasteiger partial charge in [-0.3, -0.25) is 0 Å². The van der Waals surface area contributed by atoms with Crippen LogP contribution in [0, 0.1) is 13.8 Å². The van der Waals surface area contributed by atoms with Crippen LogP contribution in [0.2, 0.25) is 0 Å². The number of aromatic hydroxyl groups is 1. The molecule has 1 aromatic carbocycles. The Kier molecular flexibility index (Phi) is 3.16. The summed E-state index contributed by atoms with van der Waals surface area (Å²) in [5.74, 6) is 2.35. The molecule has 0 bridgehead atoms. The predicted molar refractivity (Wildman–Crippen MR) is 97.9 cm³/mol. The van der Waals surface area contributed by atoms with Crippen molar-refractivity contribution in [2.45, 2.75) is 32.6 Å². The molecule has 0 amide bonds. The summed E-state index contributed by atoms with van der Waals surface area (Å²) in [6.07, 6.45) is 3.97. The maximum atomic E-state index is 9.83. The van der Waals surface area contributed by atoms with Gasteiger partial charge in [0, 0.05) is 29.3 Å². The number of nitrogens with one attached hydrogen (secondary N) is 1. The van der Waals surface area contributed by atoms with Crippen LogP contribution in [0.15, 0.2) is 35.0 Å². The van der Waals surface area contributed by atoms with Crippen molar-refractivity contribution in [3.8, 4) is 28.1 Å². The first kappa shape index (κ1) is 15.1. The average molecular weight is 346 g/mol. The standard InChI is InChI=1S/C20H18N4O2/c1-10-18(11(2)26-24-10)14-7-15(13-5-6-21-17(25)9-13)19-16(8-14)22-20(23-19)12-3-4-12/h5-9,12H,3-4H2,1-2H3,(H,21,25)(H,22,23). The normalized spacial score (nSPS) is 14.2. The van der Waals surface area contributed by atoms with Gasteiger partial charge in [0.25, 0.3) is 0 Å². The lowest BCUT2D eigenvalue weighted by molar-refractivity contribution is 0.393. The number of imidazole rings is 1. The lowest BCUT2D eigenvalue weighted by atomic mass is 9.97. The third-order valence-corrected chi connectivity index (χ3v) is 4.95. The fraction of sp³-hybridized carbons (Fsp3) is 0.250. The first-order valence-electron chi connectivity index (χ1n) is 8.72. The zero-order chi connectivity index (χ0) is 17.8. The minimum atomic E-state index is -0.00339.